The van der Waals surface area contributed by atoms with E-state index in [1.165, 1.54) is 0 Å². The monoisotopic (exact) mass is 363 g/mol. The SMILES string of the molecule is Cc1cc(NC(=O)CNC(=O)CCCN)ccc1Br.Cl. The molecular formula is C13H19BrClN3O2. The van der Waals surface area contributed by atoms with Crippen LogP contribution in [-0.2, 0) is 9.59 Å². The maximum Gasteiger partial charge on any atom is 0.243 e. The minimum absolute atomic E-state index is 0. The van der Waals surface area contributed by atoms with Crippen molar-refractivity contribution >= 4 is 45.8 Å². The molecule has 0 aliphatic carbocycles. The molecule has 1 aromatic carbocycles. The first kappa shape index (κ1) is 18.9. The number of aryl methyl sites for hydroxylation is 1. The Hall–Kier alpha value is -1.11. The van der Waals surface area contributed by atoms with Crippen LogP contribution < -0.4 is 16.4 Å². The summed E-state index contributed by atoms with van der Waals surface area (Å²) in [6.45, 7) is 2.38. The van der Waals surface area contributed by atoms with Crippen LogP contribution in [0.3, 0.4) is 0 Å². The minimum Gasteiger partial charge on any atom is -0.347 e. The summed E-state index contributed by atoms with van der Waals surface area (Å²) in [7, 11) is 0. The summed E-state index contributed by atoms with van der Waals surface area (Å²) >= 11 is 3.39. The summed E-state index contributed by atoms with van der Waals surface area (Å²) in [6, 6.07) is 5.52. The van der Waals surface area contributed by atoms with Gasteiger partial charge in [-0.2, -0.15) is 0 Å². The molecule has 0 unspecified atom stereocenters. The summed E-state index contributed by atoms with van der Waals surface area (Å²) in [4.78, 5) is 22.9. The van der Waals surface area contributed by atoms with E-state index < -0.39 is 0 Å². The Morgan fingerprint density at radius 3 is 2.60 bits per heavy atom. The van der Waals surface area contributed by atoms with Gasteiger partial charge in [0.05, 0.1) is 6.54 Å². The number of carbonyl (C=O) groups is 2. The number of benzene rings is 1. The van der Waals surface area contributed by atoms with Gasteiger partial charge in [0.2, 0.25) is 11.8 Å². The number of nitrogens with two attached hydrogens (primary N) is 1. The van der Waals surface area contributed by atoms with E-state index in [0.29, 0.717) is 25.1 Å². The van der Waals surface area contributed by atoms with Crippen molar-refractivity contribution in [3.63, 3.8) is 0 Å². The highest BCUT2D eigenvalue weighted by molar-refractivity contribution is 9.10. The van der Waals surface area contributed by atoms with Gasteiger partial charge in [-0.25, -0.2) is 0 Å². The van der Waals surface area contributed by atoms with Crippen LogP contribution in [0.4, 0.5) is 5.69 Å². The number of nitrogens with one attached hydrogen (secondary N) is 2. The number of amides is 2. The second-order valence-electron chi connectivity index (χ2n) is 4.18. The van der Waals surface area contributed by atoms with Gasteiger partial charge in [-0.05, 0) is 43.7 Å². The molecule has 0 saturated carbocycles. The Bertz CT molecular complexity index is 469. The van der Waals surface area contributed by atoms with Crippen molar-refractivity contribution in [1.82, 2.24) is 5.32 Å². The predicted molar refractivity (Wildman–Crippen MR) is 86.1 cm³/mol. The summed E-state index contributed by atoms with van der Waals surface area (Å²) in [5.41, 5.74) is 7.04. The van der Waals surface area contributed by atoms with Crippen LogP contribution in [0.1, 0.15) is 18.4 Å². The first-order valence-corrected chi connectivity index (χ1v) is 6.85. The van der Waals surface area contributed by atoms with E-state index in [4.69, 9.17) is 5.73 Å². The number of hydrogen-bond acceptors (Lipinski definition) is 3. The van der Waals surface area contributed by atoms with Gasteiger partial charge in [0.15, 0.2) is 0 Å². The first-order valence-electron chi connectivity index (χ1n) is 6.05. The van der Waals surface area contributed by atoms with Crippen LogP contribution in [0.15, 0.2) is 22.7 Å². The van der Waals surface area contributed by atoms with Crippen LogP contribution in [0.25, 0.3) is 0 Å². The van der Waals surface area contributed by atoms with Gasteiger partial charge >= 0.3 is 0 Å². The lowest BCUT2D eigenvalue weighted by Gasteiger charge is -2.08. The van der Waals surface area contributed by atoms with Gasteiger partial charge in [-0.3, -0.25) is 9.59 Å². The molecule has 20 heavy (non-hydrogen) atoms. The molecule has 1 rings (SSSR count). The molecule has 0 saturated heterocycles. The van der Waals surface area contributed by atoms with E-state index >= 15 is 0 Å². The van der Waals surface area contributed by atoms with Crippen LogP contribution in [0.2, 0.25) is 0 Å². The van der Waals surface area contributed by atoms with Crippen molar-refractivity contribution in [3.8, 4) is 0 Å². The summed E-state index contributed by atoms with van der Waals surface area (Å²) in [5, 5.41) is 5.27. The minimum atomic E-state index is -0.247. The molecule has 112 valence electrons. The zero-order chi connectivity index (χ0) is 14.3. The molecule has 7 heteroatoms. The molecule has 0 bridgehead atoms. The number of carbonyl (C=O) groups excluding carboxylic acids is 2. The maximum absolute atomic E-state index is 11.6. The molecule has 0 fully saturated rings. The maximum atomic E-state index is 11.6. The van der Waals surface area contributed by atoms with E-state index in [1.807, 2.05) is 19.1 Å². The number of rotatable bonds is 6. The van der Waals surface area contributed by atoms with Crippen molar-refractivity contribution in [2.75, 3.05) is 18.4 Å². The van der Waals surface area contributed by atoms with E-state index in [-0.39, 0.29) is 30.8 Å². The molecule has 0 aliphatic rings. The number of hydrogen-bond donors (Lipinski definition) is 3. The van der Waals surface area contributed by atoms with E-state index in [1.54, 1.807) is 6.07 Å². The van der Waals surface area contributed by atoms with Crippen molar-refractivity contribution in [2.24, 2.45) is 5.73 Å². The molecule has 0 atom stereocenters. The zero-order valence-electron chi connectivity index (χ0n) is 11.2. The lowest BCUT2D eigenvalue weighted by molar-refractivity contribution is -0.124. The fourth-order valence-corrected chi connectivity index (χ4v) is 1.70. The third-order valence-electron chi connectivity index (χ3n) is 2.50. The second-order valence-corrected chi connectivity index (χ2v) is 5.04. The van der Waals surface area contributed by atoms with Crippen LogP contribution in [0, 0.1) is 6.92 Å². The lowest BCUT2D eigenvalue weighted by Crippen LogP contribution is -2.32. The average Bonchev–Trinajstić information content (AvgIpc) is 2.38. The highest BCUT2D eigenvalue weighted by Gasteiger charge is 2.06. The molecular weight excluding hydrogens is 346 g/mol. The molecule has 0 heterocycles. The smallest absolute Gasteiger partial charge is 0.243 e. The van der Waals surface area contributed by atoms with E-state index in [9.17, 15) is 9.59 Å². The third kappa shape index (κ3) is 6.88. The van der Waals surface area contributed by atoms with Crippen molar-refractivity contribution in [1.29, 1.82) is 0 Å². The van der Waals surface area contributed by atoms with Crippen LogP contribution in [0.5, 0.6) is 0 Å². The highest BCUT2D eigenvalue weighted by atomic mass is 79.9. The Kier molecular flexibility index (Phi) is 9.20. The van der Waals surface area contributed by atoms with Gasteiger partial charge in [0.25, 0.3) is 0 Å². The number of halogens is 2. The zero-order valence-corrected chi connectivity index (χ0v) is 13.6. The summed E-state index contributed by atoms with van der Waals surface area (Å²) in [6.07, 6.45) is 0.973. The van der Waals surface area contributed by atoms with Crippen LogP contribution >= 0.6 is 28.3 Å². The average molecular weight is 365 g/mol. The van der Waals surface area contributed by atoms with Crippen molar-refractivity contribution in [3.05, 3.63) is 28.2 Å². The third-order valence-corrected chi connectivity index (χ3v) is 3.39. The fraction of sp³-hybridized carbons (Fsp3) is 0.385. The van der Waals surface area contributed by atoms with Crippen molar-refractivity contribution in [2.45, 2.75) is 19.8 Å². The van der Waals surface area contributed by atoms with Crippen LogP contribution in [-0.4, -0.2) is 24.9 Å². The molecule has 0 radical (unpaired) electrons. The lowest BCUT2D eigenvalue weighted by atomic mass is 10.2. The predicted octanol–water partition coefficient (Wildman–Crippen LogP) is 1.97. The van der Waals surface area contributed by atoms with Gasteiger partial charge in [0, 0.05) is 16.6 Å². The largest absolute Gasteiger partial charge is 0.347 e. The quantitative estimate of drug-likeness (QED) is 0.721. The number of anilines is 1. The van der Waals surface area contributed by atoms with Gasteiger partial charge in [-0.15, -0.1) is 12.4 Å². The standard InChI is InChI=1S/C13H18BrN3O2.ClH/c1-9-7-10(4-5-11(9)14)17-13(19)8-16-12(18)3-2-6-15;/h4-5,7H,2-3,6,8,15H2,1H3,(H,16,18)(H,17,19);1H. The highest BCUT2D eigenvalue weighted by Crippen LogP contribution is 2.19. The molecule has 0 aliphatic heterocycles. The van der Waals surface area contributed by atoms with E-state index in [2.05, 4.69) is 26.6 Å². The Labute approximate surface area is 133 Å². The topological polar surface area (TPSA) is 84.2 Å². The molecule has 0 spiro atoms. The summed E-state index contributed by atoms with van der Waals surface area (Å²) < 4.78 is 0.987. The Morgan fingerprint density at radius 2 is 2.00 bits per heavy atom. The molecule has 1 aromatic rings. The van der Waals surface area contributed by atoms with Crippen molar-refractivity contribution < 1.29 is 9.59 Å². The first-order chi connectivity index (χ1) is 9.02. The van der Waals surface area contributed by atoms with Gasteiger partial charge in [0.1, 0.15) is 0 Å². The van der Waals surface area contributed by atoms with Gasteiger partial charge in [-0.1, -0.05) is 15.9 Å². The Morgan fingerprint density at radius 1 is 1.30 bits per heavy atom. The molecule has 2 amide bonds. The normalized spacial score (nSPS) is 9.55. The molecule has 4 N–H and O–H groups in total. The summed E-state index contributed by atoms with van der Waals surface area (Å²) in [5.74, 6) is -0.407. The van der Waals surface area contributed by atoms with Gasteiger partial charge < -0.3 is 16.4 Å². The second kappa shape index (κ2) is 9.74. The molecule has 5 nitrogen and oxygen atoms in total. The van der Waals surface area contributed by atoms with E-state index in [0.717, 1.165) is 10.0 Å². The fourth-order valence-electron chi connectivity index (χ4n) is 1.46. The Balaban J connectivity index is 0.00000361. The molecule has 0 aromatic heterocycles.